The fourth-order valence-electron chi connectivity index (χ4n) is 3.53. The van der Waals surface area contributed by atoms with Crippen LogP contribution in [0.2, 0.25) is 0 Å². The molecule has 8 nitrogen and oxygen atoms in total. The van der Waals surface area contributed by atoms with Crippen molar-refractivity contribution in [3.8, 4) is 11.5 Å². The van der Waals surface area contributed by atoms with Gasteiger partial charge in [-0.3, -0.25) is 4.79 Å². The van der Waals surface area contributed by atoms with Crippen molar-refractivity contribution in [2.24, 2.45) is 0 Å². The molecule has 1 atom stereocenters. The largest absolute Gasteiger partial charge is 0.463 e. The summed E-state index contributed by atoms with van der Waals surface area (Å²) in [5, 5.41) is 7.94. The van der Waals surface area contributed by atoms with Crippen LogP contribution < -0.4 is 5.32 Å². The maximum absolute atomic E-state index is 12.8. The molecular formula is C19H20N4O4S. The molecule has 9 heteroatoms. The van der Waals surface area contributed by atoms with Crippen LogP contribution in [0.4, 0.5) is 0 Å². The molecule has 1 aliphatic heterocycles. The average molecular weight is 400 g/mol. The van der Waals surface area contributed by atoms with Gasteiger partial charge in [0, 0.05) is 6.54 Å². The second-order valence-electron chi connectivity index (χ2n) is 6.82. The average Bonchev–Trinajstić information content (AvgIpc) is 3.38. The summed E-state index contributed by atoms with van der Waals surface area (Å²) in [6, 6.07) is 4.87. The van der Waals surface area contributed by atoms with E-state index < -0.39 is 9.84 Å². The second-order valence-corrected chi connectivity index (χ2v) is 9.05. The van der Waals surface area contributed by atoms with Crippen molar-refractivity contribution in [1.82, 2.24) is 20.1 Å². The standard InChI is InChI=1S/C19H20N4O4S/c1-3-7-20-19(24)14-10-15(16-5-4-8-27-16)21-18-17(14)12(2)22-23(18)13-6-9-28(25,26)11-13/h3-5,8,10,13H,1,6-7,9,11H2,2H3,(H,20,24). The minimum atomic E-state index is -3.09. The van der Waals surface area contributed by atoms with Gasteiger partial charge in [-0.25, -0.2) is 18.1 Å². The topological polar surface area (TPSA) is 107 Å². The number of amides is 1. The Morgan fingerprint density at radius 2 is 2.32 bits per heavy atom. The number of nitrogens with zero attached hydrogens (tertiary/aromatic N) is 3. The first-order valence-electron chi connectivity index (χ1n) is 8.93. The lowest BCUT2D eigenvalue weighted by atomic mass is 10.1. The smallest absolute Gasteiger partial charge is 0.252 e. The molecule has 0 aliphatic carbocycles. The number of furan rings is 1. The van der Waals surface area contributed by atoms with E-state index in [9.17, 15) is 13.2 Å². The Balaban J connectivity index is 1.92. The lowest BCUT2D eigenvalue weighted by Crippen LogP contribution is -2.23. The van der Waals surface area contributed by atoms with Crippen molar-refractivity contribution < 1.29 is 17.6 Å². The van der Waals surface area contributed by atoms with E-state index in [1.54, 1.807) is 35.9 Å². The molecule has 1 unspecified atom stereocenters. The van der Waals surface area contributed by atoms with Crippen LogP contribution in [0.5, 0.6) is 0 Å². The lowest BCUT2D eigenvalue weighted by molar-refractivity contribution is 0.0959. The molecule has 1 saturated heterocycles. The monoisotopic (exact) mass is 400 g/mol. The van der Waals surface area contributed by atoms with E-state index >= 15 is 0 Å². The van der Waals surface area contributed by atoms with Gasteiger partial charge in [-0.1, -0.05) is 6.08 Å². The van der Waals surface area contributed by atoms with Gasteiger partial charge in [0.2, 0.25) is 0 Å². The highest BCUT2D eigenvalue weighted by Crippen LogP contribution is 2.32. The molecule has 1 fully saturated rings. The molecule has 3 aromatic heterocycles. The molecule has 146 valence electrons. The van der Waals surface area contributed by atoms with Crippen molar-refractivity contribution in [3.05, 3.63) is 48.4 Å². The number of hydrogen-bond donors (Lipinski definition) is 1. The summed E-state index contributed by atoms with van der Waals surface area (Å²) in [5.41, 5.74) is 2.02. The van der Waals surface area contributed by atoms with E-state index in [1.807, 2.05) is 0 Å². The van der Waals surface area contributed by atoms with Crippen LogP contribution in [-0.4, -0.2) is 47.1 Å². The van der Waals surface area contributed by atoms with E-state index in [1.165, 1.54) is 6.26 Å². The summed E-state index contributed by atoms with van der Waals surface area (Å²) >= 11 is 0. The second kappa shape index (κ2) is 6.90. The zero-order chi connectivity index (χ0) is 19.9. The highest BCUT2D eigenvalue weighted by Gasteiger charge is 2.32. The highest BCUT2D eigenvalue weighted by atomic mass is 32.2. The summed E-state index contributed by atoms with van der Waals surface area (Å²) in [7, 11) is -3.09. The van der Waals surface area contributed by atoms with E-state index in [4.69, 9.17) is 4.42 Å². The Morgan fingerprint density at radius 1 is 1.50 bits per heavy atom. The van der Waals surface area contributed by atoms with Gasteiger partial charge in [0.25, 0.3) is 5.91 Å². The lowest BCUT2D eigenvalue weighted by Gasteiger charge is -2.11. The first kappa shape index (κ1) is 18.4. The van der Waals surface area contributed by atoms with Gasteiger partial charge in [0.15, 0.2) is 21.2 Å². The molecule has 28 heavy (non-hydrogen) atoms. The predicted octanol–water partition coefficient (Wildman–Crippen LogP) is 2.28. The van der Waals surface area contributed by atoms with Gasteiger partial charge in [-0.2, -0.15) is 5.10 Å². The number of sulfone groups is 1. The quantitative estimate of drug-likeness (QED) is 0.659. The molecule has 1 N–H and O–H groups in total. The number of nitrogens with one attached hydrogen (secondary N) is 1. The van der Waals surface area contributed by atoms with Gasteiger partial charge >= 0.3 is 0 Å². The third-order valence-corrected chi connectivity index (χ3v) is 6.57. The maximum atomic E-state index is 12.8. The highest BCUT2D eigenvalue weighted by molar-refractivity contribution is 7.91. The summed E-state index contributed by atoms with van der Waals surface area (Å²) in [5.74, 6) is 0.391. The number of carbonyl (C=O) groups is 1. The first-order chi connectivity index (χ1) is 13.4. The summed E-state index contributed by atoms with van der Waals surface area (Å²) in [6.07, 6.45) is 3.61. The zero-order valence-corrected chi connectivity index (χ0v) is 16.2. The number of aromatic nitrogens is 3. The molecule has 1 amide bonds. The van der Waals surface area contributed by atoms with Crippen LogP contribution in [-0.2, 0) is 9.84 Å². The molecule has 0 radical (unpaired) electrons. The molecule has 0 bridgehead atoms. The third-order valence-electron chi connectivity index (χ3n) is 4.82. The van der Waals surface area contributed by atoms with Crippen molar-refractivity contribution in [1.29, 1.82) is 0 Å². The summed E-state index contributed by atoms with van der Waals surface area (Å²) in [6.45, 7) is 5.74. The van der Waals surface area contributed by atoms with Crippen molar-refractivity contribution >= 4 is 26.8 Å². The number of carbonyl (C=O) groups excluding carboxylic acids is 1. The Bertz CT molecular complexity index is 1160. The molecule has 0 saturated carbocycles. The summed E-state index contributed by atoms with van der Waals surface area (Å²) in [4.78, 5) is 17.4. The van der Waals surface area contributed by atoms with Gasteiger partial charge in [0.05, 0.1) is 40.5 Å². The molecule has 3 aromatic rings. The van der Waals surface area contributed by atoms with Crippen LogP contribution in [0.25, 0.3) is 22.5 Å². The fourth-order valence-corrected chi connectivity index (χ4v) is 5.22. The van der Waals surface area contributed by atoms with E-state index in [0.717, 1.165) is 0 Å². The van der Waals surface area contributed by atoms with Crippen molar-refractivity contribution in [2.75, 3.05) is 18.1 Å². The van der Waals surface area contributed by atoms with Crippen LogP contribution in [0.1, 0.15) is 28.5 Å². The van der Waals surface area contributed by atoms with Crippen LogP contribution in [0, 0.1) is 6.92 Å². The van der Waals surface area contributed by atoms with Crippen molar-refractivity contribution in [3.63, 3.8) is 0 Å². The Hall–Kier alpha value is -2.94. The Kier molecular flexibility index (Phi) is 4.54. The van der Waals surface area contributed by atoms with Crippen molar-refractivity contribution in [2.45, 2.75) is 19.4 Å². The van der Waals surface area contributed by atoms with Crippen LogP contribution in [0.3, 0.4) is 0 Å². The van der Waals surface area contributed by atoms with Gasteiger partial charge < -0.3 is 9.73 Å². The molecule has 0 aromatic carbocycles. The molecule has 4 heterocycles. The molecule has 1 aliphatic rings. The van der Waals surface area contributed by atoms with E-state index in [0.29, 0.717) is 46.7 Å². The number of pyridine rings is 1. The Labute approximate surface area is 162 Å². The maximum Gasteiger partial charge on any atom is 0.252 e. The van der Waals surface area contributed by atoms with Gasteiger partial charge in [0.1, 0.15) is 5.69 Å². The zero-order valence-electron chi connectivity index (χ0n) is 15.4. The van der Waals surface area contributed by atoms with Gasteiger partial charge in [-0.15, -0.1) is 6.58 Å². The minimum Gasteiger partial charge on any atom is -0.463 e. The molecule has 4 rings (SSSR count). The molecular weight excluding hydrogens is 380 g/mol. The number of aryl methyl sites for hydroxylation is 1. The summed E-state index contributed by atoms with van der Waals surface area (Å²) < 4.78 is 31.0. The number of rotatable bonds is 5. The normalized spacial score (nSPS) is 18.4. The first-order valence-corrected chi connectivity index (χ1v) is 10.7. The van der Waals surface area contributed by atoms with E-state index in [-0.39, 0.29) is 23.5 Å². The predicted molar refractivity (Wildman–Crippen MR) is 105 cm³/mol. The Morgan fingerprint density at radius 3 is 2.96 bits per heavy atom. The number of hydrogen-bond acceptors (Lipinski definition) is 6. The molecule has 0 spiro atoms. The van der Waals surface area contributed by atoms with E-state index in [2.05, 4.69) is 22.0 Å². The third kappa shape index (κ3) is 3.22. The van der Waals surface area contributed by atoms with Gasteiger partial charge in [-0.05, 0) is 31.5 Å². The number of fused-ring (bicyclic) bond motifs is 1. The SMILES string of the molecule is C=CCNC(=O)c1cc(-c2ccco2)nc2c1c(C)nn2C1CCS(=O)(=O)C1. The minimum absolute atomic E-state index is 0.0217. The van der Waals surface area contributed by atoms with Crippen LogP contribution >= 0.6 is 0 Å². The van der Waals surface area contributed by atoms with Crippen LogP contribution in [0.15, 0.2) is 41.5 Å². The fraction of sp³-hybridized carbons (Fsp3) is 0.316.